The molecule has 8 heteroatoms. The van der Waals surface area contributed by atoms with E-state index in [1.54, 1.807) is 6.92 Å². The highest BCUT2D eigenvalue weighted by Crippen LogP contribution is 2.39. The van der Waals surface area contributed by atoms with Gasteiger partial charge >= 0.3 is 12.0 Å². The highest BCUT2D eigenvalue weighted by Gasteiger charge is 2.34. The summed E-state index contributed by atoms with van der Waals surface area (Å²) in [7, 11) is 1.39. The molecule has 1 atom stereocenters. The number of carbonyl (C=O) groups is 2. The smallest absolute Gasteiger partial charge is 0.338 e. The van der Waals surface area contributed by atoms with Crippen molar-refractivity contribution in [1.29, 1.82) is 0 Å². The minimum Gasteiger partial charge on any atom is -0.503 e. The van der Waals surface area contributed by atoms with Crippen LogP contribution in [0.25, 0.3) is 0 Å². The highest BCUT2D eigenvalue weighted by atomic mass is 35.5. The number of nitrogens with one attached hydrogen (secondary N) is 2. The van der Waals surface area contributed by atoms with Crippen LogP contribution in [0.3, 0.4) is 0 Å². The van der Waals surface area contributed by atoms with E-state index in [2.05, 4.69) is 10.6 Å². The summed E-state index contributed by atoms with van der Waals surface area (Å²) in [5, 5.41) is 15.3. The number of benzene rings is 1. The molecule has 0 spiro atoms. The minimum atomic E-state index is -0.763. The van der Waals surface area contributed by atoms with Crippen LogP contribution in [0.2, 0.25) is 5.02 Å². The Hall–Kier alpha value is -2.41. The molecule has 0 saturated carbocycles. The third-order valence-corrected chi connectivity index (χ3v) is 4.04. The van der Waals surface area contributed by atoms with Gasteiger partial charge in [-0.05, 0) is 31.0 Å². The number of hydrogen-bond donors (Lipinski definition) is 3. The molecule has 2 rings (SSSR count). The Labute approximate surface area is 150 Å². The van der Waals surface area contributed by atoms with E-state index in [9.17, 15) is 14.7 Å². The predicted molar refractivity (Wildman–Crippen MR) is 92.6 cm³/mol. The largest absolute Gasteiger partial charge is 0.503 e. The second-order valence-electron chi connectivity index (χ2n) is 5.45. The second kappa shape index (κ2) is 8.11. The minimum absolute atomic E-state index is 0.0578. The maximum atomic E-state index is 12.5. The number of amides is 2. The van der Waals surface area contributed by atoms with Crippen molar-refractivity contribution in [3.8, 4) is 11.5 Å². The van der Waals surface area contributed by atoms with Gasteiger partial charge in [0.25, 0.3) is 0 Å². The van der Waals surface area contributed by atoms with Crippen LogP contribution in [0.15, 0.2) is 23.4 Å². The van der Waals surface area contributed by atoms with E-state index in [1.165, 1.54) is 19.2 Å². The normalized spacial score (nSPS) is 17.0. The summed E-state index contributed by atoms with van der Waals surface area (Å²) in [6.45, 7) is 3.86. The van der Waals surface area contributed by atoms with Gasteiger partial charge < -0.3 is 25.2 Å². The van der Waals surface area contributed by atoms with E-state index in [0.717, 1.165) is 6.42 Å². The predicted octanol–water partition coefficient (Wildman–Crippen LogP) is 3.03. The first kappa shape index (κ1) is 18.9. The van der Waals surface area contributed by atoms with Crippen LogP contribution in [0, 0.1) is 0 Å². The topological polar surface area (TPSA) is 96.9 Å². The zero-order chi connectivity index (χ0) is 18.6. The van der Waals surface area contributed by atoms with Gasteiger partial charge in [-0.3, -0.25) is 0 Å². The first-order chi connectivity index (χ1) is 11.9. The molecule has 136 valence electrons. The molecule has 0 aromatic heterocycles. The quantitative estimate of drug-likeness (QED) is 0.670. The van der Waals surface area contributed by atoms with Crippen molar-refractivity contribution < 1.29 is 24.2 Å². The number of phenolic OH excluding ortho intramolecular Hbond substituents is 1. The summed E-state index contributed by atoms with van der Waals surface area (Å²) < 4.78 is 10.3. The number of ether oxygens (including phenoxy) is 2. The van der Waals surface area contributed by atoms with Crippen LogP contribution in [-0.2, 0) is 9.53 Å². The fourth-order valence-electron chi connectivity index (χ4n) is 2.68. The van der Waals surface area contributed by atoms with Gasteiger partial charge in [-0.1, -0.05) is 24.9 Å². The fraction of sp³-hybridized carbons (Fsp3) is 0.412. The van der Waals surface area contributed by atoms with Crippen molar-refractivity contribution in [1.82, 2.24) is 10.6 Å². The lowest BCUT2D eigenvalue weighted by Crippen LogP contribution is -2.46. The molecule has 7 nitrogen and oxygen atoms in total. The van der Waals surface area contributed by atoms with Crippen LogP contribution in [0.4, 0.5) is 4.79 Å². The standard InChI is InChI=1S/C17H21ClN2O5/c1-4-6-11-13(16(22)25-5-2)14(20-17(23)19-11)9-7-10(18)15(21)12(8-9)24-3/h7-8,14,21H,4-6H2,1-3H3,(H2,19,20,23). The van der Waals surface area contributed by atoms with Gasteiger partial charge in [0.2, 0.25) is 0 Å². The highest BCUT2D eigenvalue weighted by molar-refractivity contribution is 6.32. The zero-order valence-corrected chi connectivity index (χ0v) is 15.1. The summed E-state index contributed by atoms with van der Waals surface area (Å²) in [5.74, 6) is -0.578. The van der Waals surface area contributed by atoms with Crippen molar-refractivity contribution >= 4 is 23.6 Å². The van der Waals surface area contributed by atoms with E-state index in [0.29, 0.717) is 23.3 Å². The molecule has 25 heavy (non-hydrogen) atoms. The van der Waals surface area contributed by atoms with Crippen LogP contribution in [0.5, 0.6) is 11.5 Å². The SMILES string of the molecule is CCCC1=C(C(=O)OCC)C(c2cc(Cl)c(O)c(OC)c2)NC(=O)N1. The Morgan fingerprint density at radius 3 is 2.68 bits per heavy atom. The molecule has 2 amide bonds. The van der Waals surface area contributed by atoms with E-state index in [-0.39, 0.29) is 23.1 Å². The summed E-state index contributed by atoms with van der Waals surface area (Å²) in [6, 6.07) is 1.82. The number of carbonyl (C=O) groups excluding carboxylic acids is 2. The number of halogens is 1. The Morgan fingerprint density at radius 2 is 2.08 bits per heavy atom. The van der Waals surface area contributed by atoms with Gasteiger partial charge in [0.15, 0.2) is 11.5 Å². The monoisotopic (exact) mass is 368 g/mol. The lowest BCUT2D eigenvalue weighted by Gasteiger charge is -2.29. The van der Waals surface area contributed by atoms with Gasteiger partial charge in [-0.2, -0.15) is 0 Å². The Morgan fingerprint density at radius 1 is 1.36 bits per heavy atom. The molecule has 0 aliphatic carbocycles. The Kier molecular flexibility index (Phi) is 6.14. The molecular formula is C17H21ClN2O5. The van der Waals surface area contributed by atoms with Gasteiger partial charge in [0, 0.05) is 5.70 Å². The summed E-state index contributed by atoms with van der Waals surface area (Å²) >= 11 is 6.05. The van der Waals surface area contributed by atoms with Gasteiger partial charge in [0.1, 0.15) is 0 Å². The molecule has 0 saturated heterocycles. The first-order valence-electron chi connectivity index (χ1n) is 7.96. The molecule has 1 unspecified atom stereocenters. The van der Waals surface area contributed by atoms with Crippen LogP contribution >= 0.6 is 11.6 Å². The van der Waals surface area contributed by atoms with Gasteiger partial charge in [-0.25, -0.2) is 9.59 Å². The molecule has 1 aliphatic rings. The summed E-state index contributed by atoms with van der Waals surface area (Å²) in [5.41, 5.74) is 1.33. The lowest BCUT2D eigenvalue weighted by molar-refractivity contribution is -0.139. The molecule has 1 heterocycles. The average molecular weight is 369 g/mol. The molecule has 0 radical (unpaired) electrons. The number of methoxy groups -OCH3 is 1. The lowest BCUT2D eigenvalue weighted by atomic mass is 9.93. The number of rotatable bonds is 6. The Balaban J connectivity index is 2.59. The first-order valence-corrected chi connectivity index (χ1v) is 8.34. The molecule has 1 aromatic rings. The van der Waals surface area contributed by atoms with Crippen molar-refractivity contribution in [3.05, 3.63) is 34.0 Å². The number of allylic oxidation sites excluding steroid dienone is 1. The number of urea groups is 1. The maximum absolute atomic E-state index is 12.5. The number of hydrogen-bond acceptors (Lipinski definition) is 5. The van der Waals surface area contributed by atoms with Crippen LogP contribution in [-0.4, -0.2) is 30.8 Å². The van der Waals surface area contributed by atoms with Crippen molar-refractivity contribution in [2.24, 2.45) is 0 Å². The summed E-state index contributed by atoms with van der Waals surface area (Å²) in [6.07, 6.45) is 1.26. The van der Waals surface area contributed by atoms with Crippen LogP contribution in [0.1, 0.15) is 38.3 Å². The second-order valence-corrected chi connectivity index (χ2v) is 5.85. The van der Waals surface area contributed by atoms with Gasteiger partial charge in [-0.15, -0.1) is 0 Å². The molecular weight excluding hydrogens is 348 g/mol. The number of aromatic hydroxyl groups is 1. The van der Waals surface area contributed by atoms with Crippen LogP contribution < -0.4 is 15.4 Å². The van der Waals surface area contributed by atoms with E-state index in [4.69, 9.17) is 21.1 Å². The molecule has 0 bridgehead atoms. The third-order valence-electron chi connectivity index (χ3n) is 3.75. The van der Waals surface area contributed by atoms with Crippen molar-refractivity contribution in [2.75, 3.05) is 13.7 Å². The summed E-state index contributed by atoms with van der Waals surface area (Å²) in [4.78, 5) is 24.5. The van der Waals surface area contributed by atoms with Gasteiger partial charge in [0.05, 0.1) is 30.4 Å². The third kappa shape index (κ3) is 3.99. The molecule has 1 aliphatic heterocycles. The number of esters is 1. The van der Waals surface area contributed by atoms with E-state index in [1.807, 2.05) is 6.92 Å². The molecule has 0 fully saturated rings. The number of phenols is 1. The van der Waals surface area contributed by atoms with E-state index < -0.39 is 18.0 Å². The molecule has 3 N–H and O–H groups in total. The Bertz CT molecular complexity index is 717. The van der Waals surface area contributed by atoms with E-state index >= 15 is 0 Å². The maximum Gasteiger partial charge on any atom is 0.338 e. The molecule has 1 aromatic carbocycles. The van der Waals surface area contributed by atoms with Crippen molar-refractivity contribution in [2.45, 2.75) is 32.7 Å². The fourth-order valence-corrected chi connectivity index (χ4v) is 2.90. The average Bonchev–Trinajstić information content (AvgIpc) is 2.57. The zero-order valence-electron chi connectivity index (χ0n) is 14.3. The van der Waals surface area contributed by atoms with Crippen molar-refractivity contribution in [3.63, 3.8) is 0 Å².